The van der Waals surface area contributed by atoms with Gasteiger partial charge in [0.25, 0.3) is 0 Å². The quantitative estimate of drug-likeness (QED) is 0.835. The van der Waals surface area contributed by atoms with Gasteiger partial charge in [-0.25, -0.2) is 0 Å². The molecule has 3 aliphatic rings. The highest BCUT2D eigenvalue weighted by molar-refractivity contribution is 5.79. The number of fused-ring (bicyclic) bond motifs is 2. The maximum absolute atomic E-state index is 13.3. The summed E-state index contributed by atoms with van der Waals surface area (Å²) in [6.07, 6.45) is -2.11. The summed E-state index contributed by atoms with van der Waals surface area (Å²) in [5, 5.41) is 0. The van der Waals surface area contributed by atoms with Crippen LogP contribution < -0.4 is 9.47 Å². The number of ether oxygens (including phenoxy) is 2. The molecule has 7 heteroatoms. The van der Waals surface area contributed by atoms with E-state index in [1.165, 1.54) is 6.07 Å². The Morgan fingerprint density at radius 3 is 3.00 bits per heavy atom. The van der Waals surface area contributed by atoms with Crippen LogP contribution in [0.4, 0.5) is 8.78 Å². The number of hydrogen-bond donors (Lipinski definition) is 0. The lowest BCUT2D eigenvalue weighted by Crippen LogP contribution is -2.44. The first-order valence-corrected chi connectivity index (χ1v) is 7.79. The third kappa shape index (κ3) is 2.52. The fourth-order valence-corrected chi connectivity index (χ4v) is 3.89. The second-order valence-corrected chi connectivity index (χ2v) is 6.47. The van der Waals surface area contributed by atoms with E-state index >= 15 is 0 Å². The van der Waals surface area contributed by atoms with Crippen molar-refractivity contribution >= 4 is 5.91 Å². The highest BCUT2D eigenvalue weighted by Crippen LogP contribution is 2.44. The normalized spacial score (nSPS) is 29.0. The van der Waals surface area contributed by atoms with Crippen LogP contribution in [-0.4, -0.2) is 48.2 Å². The van der Waals surface area contributed by atoms with Crippen molar-refractivity contribution in [3.8, 4) is 11.5 Å². The number of carbonyl (C=O) groups excluding carboxylic acids is 1. The van der Waals surface area contributed by atoms with Crippen molar-refractivity contribution in [1.82, 2.24) is 9.80 Å². The molecule has 23 heavy (non-hydrogen) atoms. The highest BCUT2D eigenvalue weighted by atomic mass is 19.3. The average Bonchev–Trinajstić information content (AvgIpc) is 2.95. The number of halogens is 2. The number of rotatable bonds is 2. The van der Waals surface area contributed by atoms with Gasteiger partial charge in [-0.1, -0.05) is 12.1 Å². The Balaban J connectivity index is 1.49. The molecule has 5 nitrogen and oxygen atoms in total. The molecule has 0 radical (unpaired) electrons. The zero-order chi connectivity index (χ0) is 16.2. The maximum atomic E-state index is 13.3. The van der Waals surface area contributed by atoms with E-state index in [4.69, 9.17) is 0 Å². The predicted molar refractivity (Wildman–Crippen MR) is 77.2 cm³/mol. The van der Waals surface area contributed by atoms with E-state index < -0.39 is 6.29 Å². The van der Waals surface area contributed by atoms with Crippen LogP contribution >= 0.6 is 0 Å². The van der Waals surface area contributed by atoms with E-state index in [0.29, 0.717) is 30.5 Å². The Morgan fingerprint density at radius 1 is 1.35 bits per heavy atom. The van der Waals surface area contributed by atoms with Gasteiger partial charge in [0.05, 0.1) is 0 Å². The lowest BCUT2D eigenvalue weighted by molar-refractivity contribution is -0.287. The molecule has 1 aromatic carbocycles. The smallest absolute Gasteiger partial charge is 0.395 e. The summed E-state index contributed by atoms with van der Waals surface area (Å²) in [5.41, 5.74) is 0.691. The minimum absolute atomic E-state index is 0.0816. The van der Waals surface area contributed by atoms with Crippen molar-refractivity contribution in [2.45, 2.75) is 31.7 Å². The number of para-hydroxylation sites is 1. The van der Waals surface area contributed by atoms with Crippen LogP contribution in [0.3, 0.4) is 0 Å². The minimum Gasteiger partial charge on any atom is -0.395 e. The van der Waals surface area contributed by atoms with Crippen LogP contribution in [0.15, 0.2) is 18.2 Å². The Labute approximate surface area is 132 Å². The van der Waals surface area contributed by atoms with E-state index in [1.807, 2.05) is 11.9 Å². The summed E-state index contributed by atoms with van der Waals surface area (Å²) >= 11 is 0. The van der Waals surface area contributed by atoms with Gasteiger partial charge in [-0.3, -0.25) is 9.69 Å². The lowest BCUT2D eigenvalue weighted by atomic mass is 9.92. The van der Waals surface area contributed by atoms with Gasteiger partial charge >= 0.3 is 6.29 Å². The molecule has 3 aliphatic heterocycles. The number of hydrogen-bond acceptors (Lipinski definition) is 4. The molecular weight excluding hydrogens is 306 g/mol. The molecule has 0 unspecified atom stereocenters. The summed E-state index contributed by atoms with van der Waals surface area (Å²) in [7, 11) is 1.86. The first kappa shape index (κ1) is 14.7. The molecular formula is C16H18F2N2O3. The van der Waals surface area contributed by atoms with E-state index in [0.717, 1.165) is 19.5 Å². The van der Waals surface area contributed by atoms with Crippen LogP contribution in [0.25, 0.3) is 0 Å². The van der Waals surface area contributed by atoms with Gasteiger partial charge in [0.15, 0.2) is 11.5 Å². The fraction of sp³-hybridized carbons (Fsp3) is 0.562. The van der Waals surface area contributed by atoms with Gasteiger partial charge in [0.2, 0.25) is 5.91 Å². The summed E-state index contributed by atoms with van der Waals surface area (Å²) in [6, 6.07) is 5.26. The monoisotopic (exact) mass is 324 g/mol. The van der Waals surface area contributed by atoms with Crippen LogP contribution in [0.2, 0.25) is 0 Å². The topological polar surface area (TPSA) is 42.0 Å². The van der Waals surface area contributed by atoms with E-state index in [-0.39, 0.29) is 17.4 Å². The van der Waals surface area contributed by atoms with E-state index in [2.05, 4.69) is 14.4 Å². The third-order valence-electron chi connectivity index (χ3n) is 5.01. The molecule has 0 saturated carbocycles. The third-order valence-corrected chi connectivity index (χ3v) is 5.01. The zero-order valence-electron chi connectivity index (χ0n) is 12.8. The Kier molecular flexibility index (Phi) is 3.23. The first-order chi connectivity index (χ1) is 10.9. The first-order valence-electron chi connectivity index (χ1n) is 7.79. The molecule has 0 spiro atoms. The molecule has 0 aliphatic carbocycles. The fourth-order valence-electron chi connectivity index (χ4n) is 3.89. The summed E-state index contributed by atoms with van der Waals surface area (Å²) in [4.78, 5) is 15.9. The van der Waals surface area contributed by atoms with Crippen molar-refractivity contribution in [2.75, 3.05) is 20.1 Å². The predicted octanol–water partition coefficient (Wildman–Crippen LogP) is 2.06. The average molecular weight is 324 g/mol. The zero-order valence-corrected chi connectivity index (χ0v) is 12.8. The number of likely N-dealkylation sites (tertiary alicyclic amines) is 2. The van der Waals surface area contributed by atoms with Gasteiger partial charge in [0, 0.05) is 50.6 Å². The molecule has 2 fully saturated rings. The van der Waals surface area contributed by atoms with Crippen LogP contribution in [0.5, 0.6) is 11.5 Å². The number of alkyl halides is 2. The minimum atomic E-state index is -3.59. The van der Waals surface area contributed by atoms with Crippen molar-refractivity contribution in [2.24, 2.45) is 5.92 Å². The van der Waals surface area contributed by atoms with Gasteiger partial charge in [-0.2, -0.15) is 0 Å². The van der Waals surface area contributed by atoms with Gasteiger partial charge < -0.3 is 14.4 Å². The number of piperidine rings is 1. The van der Waals surface area contributed by atoms with Crippen molar-refractivity contribution < 1.29 is 23.0 Å². The van der Waals surface area contributed by atoms with Gasteiger partial charge in [0.1, 0.15) is 0 Å². The van der Waals surface area contributed by atoms with Crippen LogP contribution in [-0.2, 0) is 11.3 Å². The SMILES string of the molecule is CN1C(=O)C[C@@H]2CN(Cc3cccc4c3OC(F)(F)O4)CC[C@@H]21. The van der Waals surface area contributed by atoms with Crippen molar-refractivity contribution in [3.63, 3.8) is 0 Å². The van der Waals surface area contributed by atoms with Crippen molar-refractivity contribution in [3.05, 3.63) is 23.8 Å². The molecule has 124 valence electrons. The summed E-state index contributed by atoms with van der Waals surface area (Å²) < 4.78 is 35.7. The molecule has 1 aromatic rings. The Bertz CT molecular complexity index is 652. The highest BCUT2D eigenvalue weighted by Gasteiger charge is 2.45. The molecule has 0 aromatic heterocycles. The largest absolute Gasteiger partial charge is 0.586 e. The summed E-state index contributed by atoms with van der Waals surface area (Å²) in [5.74, 6) is 0.716. The van der Waals surface area contributed by atoms with Crippen molar-refractivity contribution in [1.29, 1.82) is 0 Å². The summed E-state index contributed by atoms with van der Waals surface area (Å²) in [6.45, 7) is 2.14. The molecule has 1 amide bonds. The standard InChI is InChI=1S/C16H18F2N2O3/c1-19-12-5-6-20(9-11(12)7-14(19)21)8-10-3-2-4-13-15(10)23-16(17,18)22-13/h2-4,11-12H,5-9H2,1H3/t11-,12+/m1/s1. The maximum Gasteiger partial charge on any atom is 0.586 e. The molecule has 0 N–H and O–H groups in total. The Morgan fingerprint density at radius 2 is 2.17 bits per heavy atom. The number of benzene rings is 1. The Hall–Kier alpha value is -1.89. The molecule has 4 rings (SSSR count). The van der Waals surface area contributed by atoms with Gasteiger partial charge in [-0.15, -0.1) is 8.78 Å². The lowest BCUT2D eigenvalue weighted by Gasteiger charge is -2.36. The number of nitrogens with zero attached hydrogens (tertiary/aromatic N) is 2. The van der Waals surface area contributed by atoms with E-state index in [9.17, 15) is 13.6 Å². The number of amides is 1. The van der Waals surface area contributed by atoms with Crippen LogP contribution in [0, 0.1) is 5.92 Å². The molecule has 0 bridgehead atoms. The second-order valence-electron chi connectivity index (χ2n) is 6.47. The van der Waals surface area contributed by atoms with E-state index in [1.54, 1.807) is 12.1 Å². The van der Waals surface area contributed by atoms with Crippen LogP contribution in [0.1, 0.15) is 18.4 Å². The molecule has 3 heterocycles. The van der Waals surface area contributed by atoms with Gasteiger partial charge in [-0.05, 0) is 12.5 Å². The number of carbonyl (C=O) groups is 1. The second kappa shape index (κ2) is 5.06. The molecule has 2 saturated heterocycles. The molecule has 2 atom stereocenters.